The standard InChI is InChI=1S/C23H19N5O3/c29-20(26-12-14-27(15-13-26)23-24-10-3-11-25-23)16-6-8-17(9-7-16)28-21(30)18-4-1-2-5-19(18)22(28)31/h1-11H,12-15H2. The lowest BCUT2D eigenvalue weighted by Gasteiger charge is -2.34. The third kappa shape index (κ3) is 3.31. The van der Waals surface area contributed by atoms with E-state index < -0.39 is 0 Å². The highest BCUT2D eigenvalue weighted by Crippen LogP contribution is 2.28. The number of carbonyl (C=O) groups is 3. The van der Waals surface area contributed by atoms with E-state index in [2.05, 4.69) is 14.9 Å². The third-order valence-electron chi connectivity index (χ3n) is 5.57. The first kappa shape index (κ1) is 18.9. The monoisotopic (exact) mass is 413 g/mol. The second-order valence-electron chi connectivity index (χ2n) is 7.37. The maximum Gasteiger partial charge on any atom is 0.266 e. The van der Waals surface area contributed by atoms with Crippen LogP contribution in [0, 0.1) is 0 Å². The minimum atomic E-state index is -0.348. The molecule has 1 aromatic heterocycles. The zero-order chi connectivity index (χ0) is 21.4. The summed E-state index contributed by atoms with van der Waals surface area (Å²) in [6.45, 7) is 2.44. The highest BCUT2D eigenvalue weighted by molar-refractivity contribution is 6.34. The Labute approximate surface area is 178 Å². The van der Waals surface area contributed by atoms with Crippen molar-refractivity contribution in [1.29, 1.82) is 0 Å². The zero-order valence-corrected chi connectivity index (χ0v) is 16.6. The largest absolute Gasteiger partial charge is 0.337 e. The molecule has 0 bridgehead atoms. The number of nitrogens with zero attached hydrogens (tertiary/aromatic N) is 5. The fraction of sp³-hybridized carbons (Fsp3) is 0.174. The molecule has 0 spiro atoms. The van der Waals surface area contributed by atoms with Crippen LogP contribution in [-0.2, 0) is 0 Å². The van der Waals surface area contributed by atoms with Gasteiger partial charge in [-0.3, -0.25) is 14.4 Å². The summed E-state index contributed by atoms with van der Waals surface area (Å²) in [5, 5.41) is 0. The fourth-order valence-electron chi connectivity index (χ4n) is 3.92. The average molecular weight is 413 g/mol. The molecule has 2 aromatic carbocycles. The molecule has 0 N–H and O–H groups in total. The van der Waals surface area contributed by atoms with Crippen LogP contribution in [0.4, 0.5) is 11.6 Å². The van der Waals surface area contributed by atoms with Crippen molar-refractivity contribution in [2.24, 2.45) is 0 Å². The minimum absolute atomic E-state index is 0.0810. The number of amides is 3. The van der Waals surface area contributed by atoms with Gasteiger partial charge in [0.25, 0.3) is 17.7 Å². The third-order valence-corrected chi connectivity index (χ3v) is 5.57. The Bertz CT molecular complexity index is 1120. The second-order valence-corrected chi connectivity index (χ2v) is 7.37. The van der Waals surface area contributed by atoms with E-state index in [0.29, 0.717) is 54.5 Å². The number of anilines is 2. The number of fused-ring (bicyclic) bond motifs is 1. The van der Waals surface area contributed by atoms with Crippen molar-refractivity contribution in [3.05, 3.63) is 83.7 Å². The average Bonchev–Trinajstić information content (AvgIpc) is 3.09. The van der Waals surface area contributed by atoms with Gasteiger partial charge in [-0.15, -0.1) is 0 Å². The van der Waals surface area contributed by atoms with E-state index in [1.807, 2.05) is 0 Å². The van der Waals surface area contributed by atoms with E-state index in [1.165, 1.54) is 0 Å². The van der Waals surface area contributed by atoms with Gasteiger partial charge in [0.15, 0.2) is 0 Å². The van der Waals surface area contributed by atoms with E-state index in [1.54, 1.807) is 71.9 Å². The molecule has 1 saturated heterocycles. The molecule has 3 heterocycles. The Morgan fingerprint density at radius 2 is 1.32 bits per heavy atom. The first-order chi connectivity index (χ1) is 15.1. The molecule has 31 heavy (non-hydrogen) atoms. The van der Waals surface area contributed by atoms with Crippen LogP contribution in [0.3, 0.4) is 0 Å². The van der Waals surface area contributed by atoms with Crippen LogP contribution in [0.5, 0.6) is 0 Å². The minimum Gasteiger partial charge on any atom is -0.337 e. The lowest BCUT2D eigenvalue weighted by atomic mass is 10.1. The Morgan fingerprint density at radius 1 is 0.742 bits per heavy atom. The molecule has 0 atom stereocenters. The van der Waals surface area contributed by atoms with E-state index >= 15 is 0 Å². The van der Waals surface area contributed by atoms with Crippen LogP contribution in [0.1, 0.15) is 31.1 Å². The molecule has 0 aliphatic carbocycles. The molecular weight excluding hydrogens is 394 g/mol. The number of piperazine rings is 1. The molecule has 3 aromatic rings. The van der Waals surface area contributed by atoms with Crippen LogP contribution >= 0.6 is 0 Å². The number of benzene rings is 2. The van der Waals surface area contributed by atoms with Gasteiger partial charge in [0.1, 0.15) is 0 Å². The van der Waals surface area contributed by atoms with Crippen molar-refractivity contribution >= 4 is 29.4 Å². The van der Waals surface area contributed by atoms with Crippen LogP contribution in [0.15, 0.2) is 67.0 Å². The molecule has 0 saturated carbocycles. The lowest BCUT2D eigenvalue weighted by Crippen LogP contribution is -2.49. The molecule has 0 radical (unpaired) electrons. The lowest BCUT2D eigenvalue weighted by molar-refractivity contribution is 0.0746. The maximum atomic E-state index is 12.9. The number of aromatic nitrogens is 2. The van der Waals surface area contributed by atoms with E-state index in [4.69, 9.17) is 0 Å². The van der Waals surface area contributed by atoms with Gasteiger partial charge in [-0.2, -0.15) is 0 Å². The summed E-state index contributed by atoms with van der Waals surface area (Å²) in [7, 11) is 0. The molecule has 154 valence electrons. The highest BCUT2D eigenvalue weighted by atomic mass is 16.2. The van der Waals surface area contributed by atoms with Crippen molar-refractivity contribution in [3.63, 3.8) is 0 Å². The molecule has 2 aliphatic rings. The fourth-order valence-corrected chi connectivity index (χ4v) is 3.92. The molecule has 2 aliphatic heterocycles. The smallest absolute Gasteiger partial charge is 0.266 e. The SMILES string of the molecule is O=C(c1ccc(N2C(=O)c3ccccc3C2=O)cc1)N1CCN(c2ncccn2)CC1. The number of imide groups is 1. The summed E-state index contributed by atoms with van der Waals surface area (Å²) in [4.78, 5) is 51.7. The topological polar surface area (TPSA) is 86.7 Å². The molecule has 8 heteroatoms. The molecule has 8 nitrogen and oxygen atoms in total. The van der Waals surface area contributed by atoms with Gasteiger partial charge < -0.3 is 9.80 Å². The van der Waals surface area contributed by atoms with Gasteiger partial charge in [-0.1, -0.05) is 12.1 Å². The van der Waals surface area contributed by atoms with Crippen LogP contribution in [-0.4, -0.2) is 58.8 Å². The van der Waals surface area contributed by atoms with Crippen LogP contribution < -0.4 is 9.80 Å². The first-order valence-electron chi connectivity index (χ1n) is 10.0. The molecular formula is C23H19N5O3. The van der Waals surface area contributed by atoms with Gasteiger partial charge >= 0.3 is 0 Å². The Morgan fingerprint density at radius 3 is 1.90 bits per heavy atom. The van der Waals surface area contributed by atoms with Gasteiger partial charge in [0.2, 0.25) is 5.95 Å². The Hall–Kier alpha value is -4.07. The van der Waals surface area contributed by atoms with Crippen LogP contribution in [0.2, 0.25) is 0 Å². The van der Waals surface area contributed by atoms with Crippen molar-refractivity contribution < 1.29 is 14.4 Å². The summed E-state index contributed by atoms with van der Waals surface area (Å²) in [5.74, 6) is -0.111. The highest BCUT2D eigenvalue weighted by Gasteiger charge is 2.36. The molecule has 1 fully saturated rings. The van der Waals surface area contributed by atoms with Crippen molar-refractivity contribution in [2.75, 3.05) is 36.0 Å². The Kier molecular flexibility index (Phi) is 4.66. The molecule has 0 unspecified atom stereocenters. The van der Waals surface area contributed by atoms with Gasteiger partial charge in [0, 0.05) is 44.1 Å². The van der Waals surface area contributed by atoms with Gasteiger partial charge in [0.05, 0.1) is 16.8 Å². The van der Waals surface area contributed by atoms with Gasteiger partial charge in [-0.05, 0) is 42.5 Å². The van der Waals surface area contributed by atoms with E-state index in [0.717, 1.165) is 4.90 Å². The van der Waals surface area contributed by atoms with E-state index in [9.17, 15) is 14.4 Å². The van der Waals surface area contributed by atoms with Crippen molar-refractivity contribution in [2.45, 2.75) is 0 Å². The number of hydrogen-bond acceptors (Lipinski definition) is 6. The summed E-state index contributed by atoms with van der Waals surface area (Å²) >= 11 is 0. The molecule has 5 rings (SSSR count). The summed E-state index contributed by atoms with van der Waals surface area (Å²) in [6, 6.07) is 15.1. The predicted octanol–water partition coefficient (Wildman–Crippen LogP) is 2.24. The summed E-state index contributed by atoms with van der Waals surface area (Å²) < 4.78 is 0. The van der Waals surface area contributed by atoms with Crippen molar-refractivity contribution in [3.8, 4) is 0 Å². The predicted molar refractivity (Wildman–Crippen MR) is 114 cm³/mol. The molecule has 3 amide bonds. The second kappa shape index (κ2) is 7.64. The number of hydrogen-bond donors (Lipinski definition) is 0. The maximum absolute atomic E-state index is 12.9. The number of rotatable bonds is 3. The normalized spacial score (nSPS) is 15.9. The first-order valence-corrected chi connectivity index (χ1v) is 10.0. The summed E-state index contributed by atoms with van der Waals surface area (Å²) in [5.41, 5.74) is 1.76. The Balaban J connectivity index is 1.27. The van der Waals surface area contributed by atoms with Crippen LogP contribution in [0.25, 0.3) is 0 Å². The summed E-state index contributed by atoms with van der Waals surface area (Å²) in [6.07, 6.45) is 3.41. The van der Waals surface area contributed by atoms with Gasteiger partial charge in [-0.25, -0.2) is 14.9 Å². The van der Waals surface area contributed by atoms with Crippen molar-refractivity contribution in [1.82, 2.24) is 14.9 Å². The quantitative estimate of drug-likeness (QED) is 0.612. The number of carbonyl (C=O) groups excluding carboxylic acids is 3. The van der Waals surface area contributed by atoms with E-state index in [-0.39, 0.29) is 17.7 Å². The zero-order valence-electron chi connectivity index (χ0n) is 16.6.